The average Bonchev–Trinajstić information content (AvgIpc) is 3.51. The molecule has 0 radical (unpaired) electrons. The van der Waals surface area contributed by atoms with E-state index >= 15 is 0 Å². The van der Waals surface area contributed by atoms with Crippen molar-refractivity contribution in [2.75, 3.05) is 7.11 Å². The summed E-state index contributed by atoms with van der Waals surface area (Å²) in [5.41, 5.74) is 2.57. The smallest absolute Gasteiger partial charge is 0.337 e. The molecule has 4 saturated carbocycles. The number of ketones is 1. The highest BCUT2D eigenvalue weighted by Gasteiger charge is 2.73. The number of carbonyl (C=O) groups is 3. The van der Waals surface area contributed by atoms with Crippen LogP contribution in [0.15, 0.2) is 60.7 Å². The minimum absolute atomic E-state index is 0.00929. The van der Waals surface area contributed by atoms with Crippen molar-refractivity contribution in [3.05, 3.63) is 77.4 Å². The van der Waals surface area contributed by atoms with Crippen LogP contribution in [-0.4, -0.2) is 24.8 Å². The zero-order valence-electron chi connectivity index (χ0n) is 31.6. The Morgan fingerprint density at radius 3 is 2.16 bits per heavy atom. The first kappa shape index (κ1) is 35.2. The second-order valence-electron chi connectivity index (χ2n) is 18.3. The van der Waals surface area contributed by atoms with Gasteiger partial charge in [0.2, 0.25) is 0 Å². The molecule has 0 amide bonds. The van der Waals surface area contributed by atoms with Crippen LogP contribution in [0.25, 0.3) is 5.57 Å². The molecule has 0 aliphatic heterocycles. The molecule has 5 aliphatic rings. The van der Waals surface area contributed by atoms with Gasteiger partial charge in [-0.15, -0.1) is 0 Å². The Hall–Kier alpha value is -3.21. The van der Waals surface area contributed by atoms with Gasteiger partial charge in [0.15, 0.2) is 5.78 Å². The van der Waals surface area contributed by atoms with Crippen molar-refractivity contribution in [2.24, 2.45) is 62.6 Å². The van der Waals surface area contributed by atoms with Crippen LogP contribution >= 0.6 is 0 Å². The monoisotopic (exact) mass is 678 g/mol. The number of hydrogen-bond donors (Lipinski definition) is 0. The predicted molar refractivity (Wildman–Crippen MR) is 197 cm³/mol. The van der Waals surface area contributed by atoms with Crippen LogP contribution in [-0.2, 0) is 25.7 Å². The third-order valence-electron chi connectivity index (χ3n) is 16.1. The SMILES string of the molecule is COC(=O)c1ccc(C2=CC(=O)[C@]3(C)[C@H]4CC[C@@H]5[C@H]6[C@H](C(C)C)CC[C@]6(C(=O)OCc6ccccc6)CC[C@@]5(C)[C@]4(C)CC[C@H]3C2(C)C)cc1. The van der Waals surface area contributed by atoms with E-state index in [2.05, 4.69) is 48.5 Å². The second-order valence-corrected chi connectivity index (χ2v) is 18.3. The van der Waals surface area contributed by atoms with Gasteiger partial charge in [0, 0.05) is 5.41 Å². The molecule has 50 heavy (non-hydrogen) atoms. The molecule has 4 fully saturated rings. The number of ether oxygens (including phenoxy) is 2. The van der Waals surface area contributed by atoms with Gasteiger partial charge in [-0.3, -0.25) is 9.59 Å². The first-order chi connectivity index (χ1) is 23.6. The fourth-order valence-corrected chi connectivity index (χ4v) is 13.3. The third kappa shape index (κ3) is 4.87. The van der Waals surface area contributed by atoms with E-state index in [0.717, 1.165) is 68.1 Å². The molecule has 9 atom stereocenters. The molecule has 0 bridgehead atoms. The molecular weight excluding hydrogens is 620 g/mol. The Kier molecular flexibility index (Phi) is 8.59. The molecule has 2 aromatic carbocycles. The van der Waals surface area contributed by atoms with Crippen molar-refractivity contribution in [1.82, 2.24) is 0 Å². The number of hydrogen-bond acceptors (Lipinski definition) is 5. The van der Waals surface area contributed by atoms with E-state index in [-0.39, 0.29) is 45.8 Å². The molecular formula is C45H58O5. The van der Waals surface area contributed by atoms with Crippen LogP contribution in [0.4, 0.5) is 0 Å². The first-order valence-electron chi connectivity index (χ1n) is 19.3. The van der Waals surface area contributed by atoms with Gasteiger partial charge >= 0.3 is 11.9 Å². The van der Waals surface area contributed by atoms with Gasteiger partial charge in [0.1, 0.15) is 6.61 Å². The molecule has 0 saturated heterocycles. The molecule has 268 valence electrons. The number of carbonyl (C=O) groups excluding carboxylic acids is 3. The number of rotatable bonds is 6. The molecule has 0 spiro atoms. The fraction of sp³-hybridized carbons (Fsp3) is 0.622. The summed E-state index contributed by atoms with van der Waals surface area (Å²) in [6, 6.07) is 17.7. The minimum Gasteiger partial charge on any atom is -0.465 e. The quantitative estimate of drug-likeness (QED) is 0.285. The maximum atomic E-state index is 14.7. The maximum absolute atomic E-state index is 14.7. The number of fused-ring (bicyclic) bond motifs is 7. The Labute approximate surface area is 300 Å². The Morgan fingerprint density at radius 2 is 1.50 bits per heavy atom. The molecule has 0 unspecified atom stereocenters. The lowest BCUT2D eigenvalue weighted by molar-refractivity contribution is -0.228. The molecule has 5 aliphatic carbocycles. The van der Waals surface area contributed by atoms with E-state index in [1.807, 2.05) is 60.7 Å². The summed E-state index contributed by atoms with van der Waals surface area (Å²) in [5.74, 6) is 2.19. The Bertz CT molecular complexity index is 1690. The van der Waals surface area contributed by atoms with E-state index in [9.17, 15) is 14.4 Å². The van der Waals surface area contributed by atoms with Crippen molar-refractivity contribution in [1.29, 1.82) is 0 Å². The molecule has 0 N–H and O–H groups in total. The van der Waals surface area contributed by atoms with Crippen LogP contribution in [0.3, 0.4) is 0 Å². The van der Waals surface area contributed by atoms with Crippen LogP contribution < -0.4 is 0 Å². The standard InChI is InChI=1S/C45H58O5/c1-28(2)32-20-23-45(40(48)50-27-29-12-10-9-11-13-29)25-24-42(5)33(38(32)45)18-19-36-43(42,6)22-21-35-41(3,4)34(26-37(46)44(35,36)7)30-14-16-31(17-15-30)39(47)49-8/h9-17,26,28,32-33,35-36,38H,18-25,27H2,1-8H3/t32-,33+,35-,36-,38+,42+,43+,44-,45-/m0/s1. The summed E-state index contributed by atoms with van der Waals surface area (Å²) in [6.07, 6.45) is 10.1. The van der Waals surface area contributed by atoms with Gasteiger partial charge in [-0.1, -0.05) is 90.9 Å². The molecule has 0 heterocycles. The van der Waals surface area contributed by atoms with Crippen LogP contribution in [0.5, 0.6) is 0 Å². The normalized spacial score (nSPS) is 38.6. The van der Waals surface area contributed by atoms with Crippen molar-refractivity contribution in [2.45, 2.75) is 106 Å². The van der Waals surface area contributed by atoms with Gasteiger partial charge in [-0.05, 0) is 138 Å². The van der Waals surface area contributed by atoms with E-state index in [1.54, 1.807) is 0 Å². The van der Waals surface area contributed by atoms with Gasteiger partial charge in [0.25, 0.3) is 0 Å². The molecule has 2 aromatic rings. The summed E-state index contributed by atoms with van der Waals surface area (Å²) < 4.78 is 11.1. The Morgan fingerprint density at radius 1 is 0.800 bits per heavy atom. The van der Waals surface area contributed by atoms with Crippen molar-refractivity contribution in [3.8, 4) is 0 Å². The summed E-state index contributed by atoms with van der Waals surface area (Å²) in [6.45, 7) is 17.1. The van der Waals surface area contributed by atoms with Gasteiger partial charge in [-0.2, -0.15) is 0 Å². The molecule has 5 nitrogen and oxygen atoms in total. The number of allylic oxidation sites excluding steroid dienone is 2. The average molecular weight is 679 g/mol. The molecule has 5 heteroatoms. The van der Waals surface area contributed by atoms with Crippen LogP contribution in [0.1, 0.15) is 121 Å². The number of esters is 2. The predicted octanol–water partition coefficient (Wildman–Crippen LogP) is 10.1. The third-order valence-corrected chi connectivity index (χ3v) is 16.1. The summed E-state index contributed by atoms with van der Waals surface area (Å²) >= 11 is 0. The topological polar surface area (TPSA) is 69.7 Å². The lowest BCUT2D eigenvalue weighted by atomic mass is 9.32. The maximum Gasteiger partial charge on any atom is 0.337 e. The van der Waals surface area contributed by atoms with Gasteiger partial charge in [0.05, 0.1) is 18.1 Å². The minimum atomic E-state index is -0.462. The van der Waals surface area contributed by atoms with E-state index in [1.165, 1.54) is 7.11 Å². The second kappa shape index (κ2) is 12.2. The van der Waals surface area contributed by atoms with E-state index in [0.29, 0.717) is 35.8 Å². The largest absolute Gasteiger partial charge is 0.465 e. The lowest BCUT2D eigenvalue weighted by Gasteiger charge is -2.71. The summed E-state index contributed by atoms with van der Waals surface area (Å²) in [7, 11) is 1.40. The highest BCUT2D eigenvalue weighted by Crippen LogP contribution is 2.77. The number of benzene rings is 2. The van der Waals surface area contributed by atoms with Crippen molar-refractivity contribution >= 4 is 23.3 Å². The zero-order valence-corrected chi connectivity index (χ0v) is 31.6. The molecule has 0 aromatic heterocycles. The lowest BCUT2D eigenvalue weighted by Crippen LogP contribution is -2.67. The van der Waals surface area contributed by atoms with E-state index < -0.39 is 10.8 Å². The summed E-state index contributed by atoms with van der Waals surface area (Å²) in [4.78, 5) is 41.2. The zero-order chi connectivity index (χ0) is 35.9. The van der Waals surface area contributed by atoms with Crippen molar-refractivity contribution < 1.29 is 23.9 Å². The van der Waals surface area contributed by atoms with Gasteiger partial charge < -0.3 is 9.47 Å². The Balaban J connectivity index is 1.22. The van der Waals surface area contributed by atoms with Gasteiger partial charge in [-0.25, -0.2) is 4.79 Å². The first-order valence-corrected chi connectivity index (χ1v) is 19.3. The number of methoxy groups -OCH3 is 1. The van der Waals surface area contributed by atoms with Crippen LogP contribution in [0.2, 0.25) is 0 Å². The summed E-state index contributed by atoms with van der Waals surface area (Å²) in [5, 5.41) is 0. The fourth-order valence-electron chi connectivity index (χ4n) is 13.3. The van der Waals surface area contributed by atoms with E-state index in [4.69, 9.17) is 9.47 Å². The van der Waals surface area contributed by atoms with Crippen molar-refractivity contribution in [3.63, 3.8) is 0 Å². The highest BCUT2D eigenvalue weighted by molar-refractivity contribution is 6.04. The highest BCUT2D eigenvalue weighted by atomic mass is 16.5. The van der Waals surface area contributed by atoms with Crippen LogP contribution in [0, 0.1) is 62.6 Å². The molecule has 7 rings (SSSR count).